The molecule has 11 heteroatoms. The molecule has 0 saturated heterocycles. The highest BCUT2D eigenvalue weighted by atomic mass is 19.4. The number of carbonyl (C=O) groups excluding carboxylic acids is 2. The third-order valence-electron chi connectivity index (χ3n) is 5.22. The molecule has 1 heterocycles. The van der Waals surface area contributed by atoms with Crippen molar-refractivity contribution in [2.75, 3.05) is 19.7 Å². The van der Waals surface area contributed by atoms with Crippen LogP contribution < -0.4 is 15.4 Å². The van der Waals surface area contributed by atoms with Crippen molar-refractivity contribution in [2.24, 2.45) is 0 Å². The third-order valence-corrected chi connectivity index (χ3v) is 5.22. The van der Waals surface area contributed by atoms with Gasteiger partial charge in [0.15, 0.2) is 5.69 Å². The minimum absolute atomic E-state index is 0.0109. The van der Waals surface area contributed by atoms with E-state index in [-0.39, 0.29) is 23.6 Å². The predicted octanol–water partition coefficient (Wildman–Crippen LogP) is 4.27. The monoisotopic (exact) mass is 515 g/mol. The fourth-order valence-corrected chi connectivity index (χ4v) is 3.37. The van der Waals surface area contributed by atoms with Crippen molar-refractivity contribution in [1.82, 2.24) is 25.6 Å². The molecule has 0 aliphatic rings. The summed E-state index contributed by atoms with van der Waals surface area (Å²) in [5, 5.41) is 12.6. The molecular formula is C26H28F3N5O3. The van der Waals surface area contributed by atoms with Crippen LogP contribution in [0.4, 0.5) is 13.2 Å². The van der Waals surface area contributed by atoms with Crippen molar-refractivity contribution < 1.29 is 27.5 Å². The van der Waals surface area contributed by atoms with Crippen LogP contribution in [-0.2, 0) is 6.42 Å². The van der Waals surface area contributed by atoms with E-state index in [9.17, 15) is 22.8 Å². The maximum absolute atomic E-state index is 12.5. The SMILES string of the molecule is C=CCCCOc1cc(C(=O)NCC(F)(F)F)ccc1-n1cc(C(=O)NCCCc2ccccc2)nn1. The zero-order valence-corrected chi connectivity index (χ0v) is 20.1. The largest absolute Gasteiger partial charge is 0.491 e. The van der Waals surface area contributed by atoms with E-state index >= 15 is 0 Å². The summed E-state index contributed by atoms with van der Waals surface area (Å²) in [4.78, 5) is 24.7. The van der Waals surface area contributed by atoms with Crippen LogP contribution in [0.1, 0.15) is 45.7 Å². The molecule has 196 valence electrons. The van der Waals surface area contributed by atoms with Gasteiger partial charge in [-0.2, -0.15) is 13.2 Å². The molecule has 2 amide bonds. The number of unbranched alkanes of at least 4 members (excludes halogenated alkanes) is 1. The smallest absolute Gasteiger partial charge is 0.405 e. The third kappa shape index (κ3) is 8.78. The molecule has 2 N–H and O–H groups in total. The van der Waals surface area contributed by atoms with E-state index in [1.54, 1.807) is 6.08 Å². The molecule has 0 spiro atoms. The van der Waals surface area contributed by atoms with Crippen molar-refractivity contribution >= 4 is 11.8 Å². The molecule has 0 aliphatic carbocycles. The molecule has 0 bridgehead atoms. The highest BCUT2D eigenvalue weighted by molar-refractivity contribution is 5.95. The maximum Gasteiger partial charge on any atom is 0.405 e. The number of nitrogens with one attached hydrogen (secondary N) is 2. The number of nitrogens with zero attached hydrogens (tertiary/aromatic N) is 3. The number of aryl methyl sites for hydroxylation is 1. The van der Waals surface area contributed by atoms with Crippen LogP contribution in [0, 0.1) is 0 Å². The first-order valence-corrected chi connectivity index (χ1v) is 11.7. The first-order chi connectivity index (χ1) is 17.8. The molecule has 1 aromatic heterocycles. The Kier molecular flexibility index (Phi) is 9.82. The molecule has 37 heavy (non-hydrogen) atoms. The summed E-state index contributed by atoms with van der Waals surface area (Å²) in [5.74, 6) is -1.08. The molecule has 0 fully saturated rings. The summed E-state index contributed by atoms with van der Waals surface area (Å²) < 4.78 is 44.5. The van der Waals surface area contributed by atoms with Crippen LogP contribution in [-0.4, -0.2) is 52.7 Å². The van der Waals surface area contributed by atoms with Crippen LogP contribution in [0.25, 0.3) is 5.69 Å². The summed E-state index contributed by atoms with van der Waals surface area (Å²) >= 11 is 0. The predicted molar refractivity (Wildman–Crippen MR) is 132 cm³/mol. The second-order valence-corrected chi connectivity index (χ2v) is 8.15. The number of ether oxygens (including phenoxy) is 1. The van der Waals surface area contributed by atoms with Crippen molar-refractivity contribution in [1.29, 1.82) is 0 Å². The Balaban J connectivity index is 1.68. The van der Waals surface area contributed by atoms with E-state index in [0.29, 0.717) is 25.1 Å². The van der Waals surface area contributed by atoms with Crippen molar-refractivity contribution in [2.45, 2.75) is 31.9 Å². The van der Waals surface area contributed by atoms with E-state index in [0.717, 1.165) is 12.8 Å². The van der Waals surface area contributed by atoms with E-state index in [4.69, 9.17) is 4.74 Å². The first-order valence-electron chi connectivity index (χ1n) is 11.7. The number of hydrogen-bond acceptors (Lipinski definition) is 5. The van der Waals surface area contributed by atoms with Gasteiger partial charge in [0.2, 0.25) is 0 Å². The van der Waals surface area contributed by atoms with Gasteiger partial charge in [-0.25, -0.2) is 4.68 Å². The van der Waals surface area contributed by atoms with Gasteiger partial charge < -0.3 is 15.4 Å². The normalized spacial score (nSPS) is 11.1. The van der Waals surface area contributed by atoms with Crippen LogP contribution in [0.15, 0.2) is 67.4 Å². The Morgan fingerprint density at radius 3 is 2.57 bits per heavy atom. The molecule has 0 radical (unpaired) electrons. The standard InChI is InChI=1S/C26H28F3N5O3/c1-2-3-7-15-37-23-16-20(24(35)31-18-26(27,28)29)12-13-22(23)34-17-21(32-33-34)25(36)30-14-8-11-19-9-5-4-6-10-19/h2,4-6,9-10,12-13,16-17H,1,3,7-8,11,14-15,18H2,(H,30,36)(H,31,35). The van der Waals surface area contributed by atoms with Gasteiger partial charge in [-0.3, -0.25) is 9.59 Å². The van der Waals surface area contributed by atoms with E-state index in [1.165, 1.54) is 34.6 Å². The van der Waals surface area contributed by atoms with Gasteiger partial charge in [0.05, 0.1) is 12.8 Å². The van der Waals surface area contributed by atoms with E-state index in [1.807, 2.05) is 35.6 Å². The van der Waals surface area contributed by atoms with Gasteiger partial charge in [0, 0.05) is 12.1 Å². The fourth-order valence-electron chi connectivity index (χ4n) is 3.37. The number of benzene rings is 2. The summed E-state index contributed by atoms with van der Waals surface area (Å²) in [7, 11) is 0. The van der Waals surface area contributed by atoms with Crippen molar-refractivity contribution in [3.05, 3.63) is 84.2 Å². The number of aromatic nitrogens is 3. The average molecular weight is 516 g/mol. The topological polar surface area (TPSA) is 98.1 Å². The maximum atomic E-state index is 12.5. The number of hydrogen-bond donors (Lipinski definition) is 2. The van der Waals surface area contributed by atoms with Gasteiger partial charge >= 0.3 is 6.18 Å². The molecule has 8 nitrogen and oxygen atoms in total. The zero-order chi connectivity index (χ0) is 26.7. The van der Waals surface area contributed by atoms with Crippen LogP contribution >= 0.6 is 0 Å². The molecule has 0 unspecified atom stereocenters. The molecule has 3 rings (SSSR count). The number of alkyl halides is 3. The number of halogens is 3. The van der Waals surface area contributed by atoms with Crippen molar-refractivity contribution in [3.63, 3.8) is 0 Å². The van der Waals surface area contributed by atoms with Gasteiger partial charge in [-0.15, -0.1) is 11.7 Å². The first kappa shape index (κ1) is 27.4. The average Bonchev–Trinajstić information content (AvgIpc) is 3.38. The Bertz CT molecular complexity index is 1200. The molecule has 0 saturated carbocycles. The number of carbonyl (C=O) groups is 2. The lowest BCUT2D eigenvalue weighted by atomic mass is 10.1. The highest BCUT2D eigenvalue weighted by Crippen LogP contribution is 2.25. The van der Waals surface area contributed by atoms with Crippen LogP contribution in [0.2, 0.25) is 0 Å². The Labute approximate surface area is 212 Å². The lowest BCUT2D eigenvalue weighted by molar-refractivity contribution is -0.123. The lowest BCUT2D eigenvalue weighted by Gasteiger charge is -2.13. The second-order valence-electron chi connectivity index (χ2n) is 8.15. The second kappa shape index (κ2) is 13.2. The Morgan fingerprint density at radius 2 is 1.84 bits per heavy atom. The van der Waals surface area contributed by atoms with Gasteiger partial charge in [-0.1, -0.05) is 41.6 Å². The van der Waals surface area contributed by atoms with Crippen LogP contribution in [0.5, 0.6) is 5.75 Å². The molecule has 0 atom stereocenters. The van der Waals surface area contributed by atoms with Gasteiger partial charge in [-0.05, 0) is 49.4 Å². The summed E-state index contributed by atoms with van der Waals surface area (Å²) in [6.45, 7) is 2.93. The Hall–Kier alpha value is -4.15. The molecule has 2 aromatic carbocycles. The zero-order valence-electron chi connectivity index (χ0n) is 20.1. The summed E-state index contributed by atoms with van der Waals surface area (Å²) in [6.07, 6.45) is 1.53. The van der Waals surface area contributed by atoms with Crippen LogP contribution in [0.3, 0.4) is 0 Å². The molecular weight excluding hydrogens is 487 g/mol. The van der Waals surface area contributed by atoms with Crippen molar-refractivity contribution in [3.8, 4) is 11.4 Å². The van der Waals surface area contributed by atoms with Gasteiger partial charge in [0.25, 0.3) is 11.8 Å². The number of allylic oxidation sites excluding steroid dienone is 1. The number of rotatable bonds is 13. The summed E-state index contributed by atoms with van der Waals surface area (Å²) in [5.41, 5.74) is 1.63. The van der Waals surface area contributed by atoms with E-state index < -0.39 is 24.5 Å². The van der Waals surface area contributed by atoms with E-state index in [2.05, 4.69) is 22.2 Å². The lowest BCUT2D eigenvalue weighted by Crippen LogP contribution is -2.33. The van der Waals surface area contributed by atoms with Gasteiger partial charge in [0.1, 0.15) is 18.0 Å². The minimum Gasteiger partial charge on any atom is -0.491 e. The minimum atomic E-state index is -4.53. The quantitative estimate of drug-likeness (QED) is 0.262. The highest BCUT2D eigenvalue weighted by Gasteiger charge is 2.28. The fraction of sp³-hybridized carbons (Fsp3) is 0.308. The molecule has 3 aromatic rings. The molecule has 0 aliphatic heterocycles. The number of amides is 2. The summed E-state index contributed by atoms with van der Waals surface area (Å²) in [6, 6.07) is 14.1. The Morgan fingerprint density at radius 1 is 1.05 bits per heavy atom.